The van der Waals surface area contributed by atoms with Crippen LogP contribution < -0.4 is 16.0 Å². The van der Waals surface area contributed by atoms with Crippen molar-refractivity contribution in [3.63, 3.8) is 0 Å². The number of rotatable bonds is 4. The van der Waals surface area contributed by atoms with Crippen LogP contribution in [0.1, 0.15) is 11.3 Å². The quantitative estimate of drug-likeness (QED) is 0.732. The van der Waals surface area contributed by atoms with Crippen LogP contribution >= 0.6 is 0 Å². The minimum absolute atomic E-state index is 0.295. The summed E-state index contributed by atoms with van der Waals surface area (Å²) in [5.41, 5.74) is 2.41. The van der Waals surface area contributed by atoms with Crippen molar-refractivity contribution < 1.29 is 8.42 Å². The smallest absolute Gasteiger partial charge is 0.243 e. The molecule has 0 atom stereocenters. The van der Waals surface area contributed by atoms with E-state index in [2.05, 4.69) is 25.9 Å². The lowest BCUT2D eigenvalue weighted by Crippen LogP contribution is -2.46. The van der Waals surface area contributed by atoms with Crippen LogP contribution in [0.25, 0.3) is 12.2 Å². The second-order valence-electron chi connectivity index (χ2n) is 6.16. The molecule has 3 N–H and O–H groups in total. The summed E-state index contributed by atoms with van der Waals surface area (Å²) >= 11 is 0. The Morgan fingerprint density at radius 1 is 1.00 bits per heavy atom. The predicted molar refractivity (Wildman–Crippen MR) is 105 cm³/mol. The van der Waals surface area contributed by atoms with Crippen LogP contribution in [0.2, 0.25) is 0 Å². The van der Waals surface area contributed by atoms with Crippen LogP contribution in [0.3, 0.4) is 0 Å². The Labute approximate surface area is 158 Å². The van der Waals surface area contributed by atoms with E-state index in [1.54, 1.807) is 36.7 Å². The second kappa shape index (κ2) is 7.47. The lowest BCUT2D eigenvalue weighted by atomic mass is 10.2. The highest BCUT2D eigenvalue weighted by Gasteiger charge is 2.25. The van der Waals surface area contributed by atoms with Gasteiger partial charge in [-0.2, -0.15) is 4.31 Å². The van der Waals surface area contributed by atoms with E-state index >= 15 is 0 Å². The number of anilines is 2. The molecule has 4 rings (SSSR count). The minimum atomic E-state index is -3.46. The fourth-order valence-corrected chi connectivity index (χ4v) is 4.44. The van der Waals surface area contributed by atoms with Crippen molar-refractivity contribution in [2.75, 3.05) is 31.5 Å². The first-order valence-electron chi connectivity index (χ1n) is 8.67. The average Bonchev–Trinajstić information content (AvgIpc) is 2.95. The highest BCUT2D eigenvalue weighted by Crippen LogP contribution is 2.25. The third-order valence-corrected chi connectivity index (χ3v) is 6.34. The fraction of sp³-hybridized carbons (Fsp3) is 0.222. The molecule has 1 fully saturated rings. The van der Waals surface area contributed by atoms with E-state index < -0.39 is 10.0 Å². The van der Waals surface area contributed by atoms with Crippen LogP contribution in [-0.2, 0) is 10.0 Å². The Morgan fingerprint density at radius 2 is 1.74 bits per heavy atom. The first-order valence-corrected chi connectivity index (χ1v) is 10.1. The maximum absolute atomic E-state index is 12.7. The molecule has 3 heterocycles. The number of piperazine rings is 1. The van der Waals surface area contributed by atoms with Gasteiger partial charge in [-0.05, 0) is 36.4 Å². The summed E-state index contributed by atoms with van der Waals surface area (Å²) in [6.07, 6.45) is 8.86. The summed E-state index contributed by atoms with van der Waals surface area (Å²) in [5.74, 6) is 0.655. The van der Waals surface area contributed by atoms with E-state index in [0.717, 1.165) is 16.9 Å². The van der Waals surface area contributed by atoms with Gasteiger partial charge in [-0.3, -0.25) is 0 Å². The molecule has 0 amide bonds. The van der Waals surface area contributed by atoms with E-state index in [-0.39, 0.29) is 0 Å². The van der Waals surface area contributed by atoms with Gasteiger partial charge in [-0.15, -0.1) is 0 Å². The standard InChI is InChI=1S/C18H20N6O2S/c25-27(26,24-11-9-20-10-12-24)15-3-1-14(2-4-15)23-18-16-5-7-19-8-6-17(16)21-13-22-18/h1-8,13,19-20H,9-12H2,(H,21,22,23). The van der Waals surface area contributed by atoms with E-state index in [9.17, 15) is 8.42 Å². The summed E-state index contributed by atoms with van der Waals surface area (Å²) < 4.78 is 27.0. The Morgan fingerprint density at radius 3 is 2.52 bits per heavy atom. The van der Waals surface area contributed by atoms with Crippen molar-refractivity contribution in [1.82, 2.24) is 24.9 Å². The molecule has 9 heteroatoms. The maximum atomic E-state index is 12.7. The SMILES string of the molecule is O=S(=O)(c1ccc(Nc2ncnc3c2C=CNC=C3)cc1)N1CCNCC1. The Balaban J connectivity index is 1.56. The second-order valence-corrected chi connectivity index (χ2v) is 8.10. The Bertz CT molecular complexity index is 979. The van der Waals surface area contributed by atoms with E-state index in [0.29, 0.717) is 36.9 Å². The number of hydrogen-bond donors (Lipinski definition) is 3. The van der Waals surface area contributed by atoms with Crippen LogP contribution in [0.4, 0.5) is 11.5 Å². The Hall–Kier alpha value is -2.75. The monoisotopic (exact) mass is 384 g/mol. The highest BCUT2D eigenvalue weighted by atomic mass is 32.2. The normalized spacial score (nSPS) is 17.0. The number of nitrogens with one attached hydrogen (secondary N) is 3. The molecule has 0 saturated carbocycles. The lowest BCUT2D eigenvalue weighted by molar-refractivity contribution is 0.360. The zero-order chi connectivity index (χ0) is 18.7. The number of aromatic nitrogens is 2. The van der Waals surface area contributed by atoms with Crippen LogP contribution in [0.5, 0.6) is 0 Å². The summed E-state index contributed by atoms with van der Waals surface area (Å²) in [6.45, 7) is 2.33. The van der Waals surface area contributed by atoms with Crippen LogP contribution in [-0.4, -0.2) is 48.9 Å². The number of hydrogen-bond acceptors (Lipinski definition) is 7. The molecular formula is C18H20N6O2S. The van der Waals surface area contributed by atoms with Crippen LogP contribution in [0, 0.1) is 0 Å². The largest absolute Gasteiger partial charge is 0.368 e. The summed E-state index contributed by atoms with van der Waals surface area (Å²) in [6, 6.07) is 6.74. The van der Waals surface area contributed by atoms with E-state index in [1.807, 2.05) is 12.2 Å². The third-order valence-electron chi connectivity index (χ3n) is 4.43. The molecule has 8 nitrogen and oxygen atoms in total. The molecule has 1 saturated heterocycles. The molecule has 2 aromatic rings. The summed E-state index contributed by atoms with van der Waals surface area (Å²) in [5, 5.41) is 9.40. The summed E-state index contributed by atoms with van der Waals surface area (Å²) in [7, 11) is -3.46. The first kappa shape index (κ1) is 17.7. The molecule has 0 aliphatic carbocycles. The molecule has 0 unspecified atom stereocenters. The molecule has 0 radical (unpaired) electrons. The highest BCUT2D eigenvalue weighted by molar-refractivity contribution is 7.89. The molecule has 1 aromatic heterocycles. The van der Waals surface area contributed by atoms with E-state index in [4.69, 9.17) is 0 Å². The van der Waals surface area contributed by atoms with Crippen molar-refractivity contribution in [3.05, 3.63) is 54.3 Å². The van der Waals surface area contributed by atoms with Crippen LogP contribution in [0.15, 0.2) is 47.9 Å². The number of sulfonamides is 1. The maximum Gasteiger partial charge on any atom is 0.243 e. The predicted octanol–water partition coefficient (Wildman–Crippen LogP) is 1.36. The van der Waals surface area contributed by atoms with E-state index in [1.165, 1.54) is 10.6 Å². The zero-order valence-corrected chi connectivity index (χ0v) is 15.4. The molecule has 0 spiro atoms. The first-order chi connectivity index (χ1) is 13.1. The Kier molecular flexibility index (Phi) is 4.88. The van der Waals surface area contributed by atoms with Crippen molar-refractivity contribution in [3.8, 4) is 0 Å². The topological polar surface area (TPSA) is 99.2 Å². The van der Waals surface area contributed by atoms with Gasteiger partial charge in [-0.1, -0.05) is 0 Å². The van der Waals surface area contributed by atoms with Crippen molar-refractivity contribution in [1.29, 1.82) is 0 Å². The van der Waals surface area contributed by atoms with Gasteiger partial charge >= 0.3 is 0 Å². The average molecular weight is 384 g/mol. The van der Waals surface area contributed by atoms with Crippen molar-refractivity contribution in [2.45, 2.75) is 4.90 Å². The van der Waals surface area contributed by atoms with Gasteiger partial charge < -0.3 is 16.0 Å². The number of nitrogens with zero attached hydrogens (tertiary/aromatic N) is 3. The third kappa shape index (κ3) is 3.70. The zero-order valence-electron chi connectivity index (χ0n) is 14.6. The summed E-state index contributed by atoms with van der Waals surface area (Å²) in [4.78, 5) is 8.86. The lowest BCUT2D eigenvalue weighted by Gasteiger charge is -2.26. The molecule has 2 aliphatic rings. The minimum Gasteiger partial charge on any atom is -0.368 e. The fourth-order valence-electron chi connectivity index (χ4n) is 3.00. The van der Waals surface area contributed by atoms with Crippen molar-refractivity contribution >= 4 is 33.7 Å². The molecular weight excluding hydrogens is 364 g/mol. The molecule has 27 heavy (non-hydrogen) atoms. The molecule has 140 valence electrons. The van der Waals surface area contributed by atoms with Gasteiger partial charge in [0.2, 0.25) is 10.0 Å². The molecule has 0 bridgehead atoms. The van der Waals surface area contributed by atoms with Gasteiger partial charge in [0.15, 0.2) is 0 Å². The van der Waals surface area contributed by atoms with Gasteiger partial charge in [0.05, 0.1) is 10.6 Å². The number of benzene rings is 1. The van der Waals surface area contributed by atoms with Gasteiger partial charge in [0.1, 0.15) is 12.1 Å². The van der Waals surface area contributed by atoms with Gasteiger partial charge in [0.25, 0.3) is 0 Å². The van der Waals surface area contributed by atoms with Gasteiger partial charge in [-0.25, -0.2) is 18.4 Å². The van der Waals surface area contributed by atoms with Gasteiger partial charge in [0, 0.05) is 49.8 Å². The van der Waals surface area contributed by atoms with Crippen molar-refractivity contribution in [2.24, 2.45) is 0 Å². The molecule has 1 aromatic carbocycles. The number of fused-ring (bicyclic) bond motifs is 1. The molecule has 2 aliphatic heterocycles.